The van der Waals surface area contributed by atoms with Crippen molar-refractivity contribution in [2.24, 2.45) is 5.73 Å². The Morgan fingerprint density at radius 2 is 2.29 bits per heavy atom. The minimum absolute atomic E-state index is 0.293. The molecule has 0 radical (unpaired) electrons. The fourth-order valence-electron chi connectivity index (χ4n) is 1.18. The first-order valence-electron chi connectivity index (χ1n) is 3.71. The molecule has 14 heavy (non-hydrogen) atoms. The van der Waals surface area contributed by atoms with Crippen LogP contribution in [-0.2, 0) is 0 Å². The Morgan fingerprint density at radius 1 is 1.57 bits per heavy atom. The maximum atomic E-state index is 11.4. The summed E-state index contributed by atoms with van der Waals surface area (Å²) in [6.07, 6.45) is 0. The van der Waals surface area contributed by atoms with Crippen molar-refractivity contribution in [3.05, 3.63) is 38.5 Å². The van der Waals surface area contributed by atoms with Gasteiger partial charge in [0.25, 0.3) is 5.36 Å². The van der Waals surface area contributed by atoms with Crippen molar-refractivity contribution in [2.75, 3.05) is 0 Å². The van der Waals surface area contributed by atoms with Crippen LogP contribution in [0.2, 0.25) is 0 Å². The van der Waals surface area contributed by atoms with Gasteiger partial charge in [-0.3, -0.25) is 0 Å². The van der Waals surface area contributed by atoms with E-state index in [-0.39, 0.29) is 0 Å². The molecule has 2 rings (SSSR count). The Kier molecular flexibility index (Phi) is 2.16. The molecule has 0 aliphatic carbocycles. The number of hydrazine groups is 2. The van der Waals surface area contributed by atoms with Gasteiger partial charge in [0.1, 0.15) is 0 Å². The van der Waals surface area contributed by atoms with Crippen molar-refractivity contribution in [2.45, 2.75) is 0 Å². The highest BCUT2D eigenvalue weighted by Gasteiger charge is 2.16. The lowest BCUT2D eigenvalue weighted by Crippen LogP contribution is -2.56. The molecule has 0 spiro atoms. The van der Waals surface area contributed by atoms with Crippen LogP contribution in [0, 0.1) is 5.21 Å². The summed E-state index contributed by atoms with van der Waals surface area (Å²) in [6.45, 7) is 0. The fourth-order valence-corrected chi connectivity index (χ4v) is 1.69. The second-order valence-electron chi connectivity index (χ2n) is 2.72. The van der Waals surface area contributed by atoms with Gasteiger partial charge in [-0.25, -0.2) is 0 Å². The van der Waals surface area contributed by atoms with Crippen LogP contribution in [0.3, 0.4) is 0 Å². The van der Waals surface area contributed by atoms with E-state index < -0.39 is 0 Å². The first-order chi connectivity index (χ1) is 6.59. The van der Waals surface area contributed by atoms with Crippen LogP contribution in [0.1, 0.15) is 0 Å². The summed E-state index contributed by atoms with van der Waals surface area (Å²) in [7, 11) is 0. The summed E-state index contributed by atoms with van der Waals surface area (Å²) in [5, 5.41) is 12.4. The molecule has 0 saturated heterocycles. The molecule has 74 valence electrons. The second kappa shape index (κ2) is 3.21. The minimum Gasteiger partial charge on any atom is -0.594 e. The van der Waals surface area contributed by atoms with Crippen molar-refractivity contribution in [1.82, 2.24) is 14.9 Å². The van der Waals surface area contributed by atoms with Crippen molar-refractivity contribution < 1.29 is 0 Å². The van der Waals surface area contributed by atoms with Crippen LogP contribution in [0.25, 0.3) is 5.82 Å². The summed E-state index contributed by atoms with van der Waals surface area (Å²) in [4.78, 5) is 0.545. The molecule has 1 aromatic carbocycles. The molecule has 0 bridgehead atoms. The summed E-state index contributed by atoms with van der Waals surface area (Å²) in [5.41, 5.74) is 7.98. The van der Waals surface area contributed by atoms with E-state index in [1.807, 2.05) is 0 Å². The Hall–Kier alpha value is -1.14. The van der Waals surface area contributed by atoms with Gasteiger partial charge in [-0.15, -0.1) is 4.53 Å². The number of hydrogen-bond donors (Lipinski definition) is 2. The highest BCUT2D eigenvalue weighted by atomic mass is 79.9. The van der Waals surface area contributed by atoms with Crippen molar-refractivity contribution in [3.63, 3.8) is 0 Å². The van der Waals surface area contributed by atoms with Crippen LogP contribution in [0.5, 0.6) is 0 Å². The molecule has 3 N–H and O–H groups in total. The molecule has 1 aromatic rings. The van der Waals surface area contributed by atoms with E-state index >= 15 is 0 Å². The van der Waals surface area contributed by atoms with Gasteiger partial charge in [0.05, 0.1) is 5.22 Å². The number of nitrogens with two attached hydrogens (primary N) is 1. The maximum Gasteiger partial charge on any atom is 0.256 e. The van der Waals surface area contributed by atoms with Crippen LogP contribution >= 0.6 is 27.7 Å². The molecule has 0 atom stereocenters. The number of hydrogen-bond acceptors (Lipinski definition) is 4. The smallest absolute Gasteiger partial charge is 0.256 e. The molecule has 1 aliphatic heterocycles. The summed E-state index contributed by atoms with van der Waals surface area (Å²) >= 11 is 8.90. The largest absolute Gasteiger partial charge is 0.594 e. The van der Waals surface area contributed by atoms with Gasteiger partial charge in [0.2, 0.25) is 0 Å². The van der Waals surface area contributed by atoms with Crippen molar-refractivity contribution >= 4 is 33.5 Å². The summed E-state index contributed by atoms with van der Waals surface area (Å²) in [6, 6.07) is 5.16. The second-order valence-corrected chi connectivity index (χ2v) is 3.98. The van der Waals surface area contributed by atoms with Crippen LogP contribution in [0.15, 0.2) is 22.7 Å². The fraction of sp³-hybridized carbons (Fsp3) is 0. The average Bonchev–Trinajstić information content (AvgIpc) is 2.14. The molecule has 7 heteroatoms. The Bertz CT molecular complexity index is 503. The SMILES string of the molecule is NC1=c2ccc(Br)cc2=[N+]([O-])NN1Cl. The zero-order valence-corrected chi connectivity index (χ0v) is 9.21. The average molecular weight is 278 g/mol. The number of rotatable bonds is 0. The Balaban J connectivity index is 2.90. The Morgan fingerprint density at radius 3 is 3.00 bits per heavy atom. The molecule has 1 aliphatic rings. The summed E-state index contributed by atoms with van der Waals surface area (Å²) < 4.78 is 1.75. The van der Waals surface area contributed by atoms with E-state index in [9.17, 15) is 5.21 Å². The maximum absolute atomic E-state index is 11.4. The third kappa shape index (κ3) is 1.36. The van der Waals surface area contributed by atoms with E-state index in [1.54, 1.807) is 18.2 Å². The van der Waals surface area contributed by atoms with E-state index in [2.05, 4.69) is 21.5 Å². The van der Waals surface area contributed by atoms with Gasteiger partial charge in [-0.1, -0.05) is 26.3 Å². The number of halogens is 2. The van der Waals surface area contributed by atoms with Gasteiger partial charge in [-0.05, 0) is 12.1 Å². The number of nitrogens with zero attached hydrogens (tertiary/aromatic N) is 2. The highest BCUT2D eigenvalue weighted by molar-refractivity contribution is 9.10. The predicted octanol–water partition coefficient (Wildman–Crippen LogP) is -0.649. The van der Waals surface area contributed by atoms with Crippen molar-refractivity contribution in [1.29, 1.82) is 0 Å². The van der Waals surface area contributed by atoms with Crippen LogP contribution < -0.4 is 26.7 Å². The molecule has 0 aromatic heterocycles. The molecular formula is C7H6BrClN4O. The van der Waals surface area contributed by atoms with Gasteiger partial charge in [-0.2, -0.15) is 0 Å². The van der Waals surface area contributed by atoms with E-state index in [1.165, 1.54) is 0 Å². The zero-order valence-electron chi connectivity index (χ0n) is 6.87. The van der Waals surface area contributed by atoms with Crippen LogP contribution in [0.4, 0.5) is 0 Å². The Labute approximate surface area is 92.8 Å². The molecule has 0 saturated carbocycles. The standard InChI is InChI=1S/C7H6BrClN4O/c8-4-1-2-5-6(3-4)13(14)11-12(9)7(5)10/h1-3,11H,10H2. The molecule has 1 heterocycles. The first-order valence-corrected chi connectivity index (χ1v) is 4.84. The number of benzene rings is 1. The normalized spacial score (nSPS) is 15.1. The molecule has 0 fully saturated rings. The third-order valence-electron chi connectivity index (χ3n) is 1.84. The van der Waals surface area contributed by atoms with Gasteiger partial charge in [0, 0.05) is 22.3 Å². The molecular weight excluding hydrogens is 271 g/mol. The van der Waals surface area contributed by atoms with Gasteiger partial charge in [0.15, 0.2) is 5.82 Å². The molecule has 0 amide bonds. The summed E-state index contributed by atoms with van der Waals surface area (Å²) in [5.74, 6) is 0.293. The number of fused-ring (bicyclic) bond motifs is 1. The lowest BCUT2D eigenvalue weighted by Gasteiger charge is -2.18. The zero-order chi connectivity index (χ0) is 10.3. The van der Waals surface area contributed by atoms with Crippen LogP contribution in [-0.4, -0.2) is 4.53 Å². The van der Waals surface area contributed by atoms with E-state index in [0.717, 1.165) is 9.00 Å². The van der Waals surface area contributed by atoms with E-state index in [4.69, 9.17) is 17.5 Å². The third-order valence-corrected chi connectivity index (χ3v) is 2.60. The van der Waals surface area contributed by atoms with E-state index in [0.29, 0.717) is 21.2 Å². The topological polar surface area (TPSA) is 67.4 Å². The molecule has 5 nitrogen and oxygen atoms in total. The number of nitrogens with one attached hydrogen (secondary N) is 1. The van der Waals surface area contributed by atoms with Crippen molar-refractivity contribution in [3.8, 4) is 0 Å². The van der Waals surface area contributed by atoms with Gasteiger partial charge >= 0.3 is 0 Å². The first kappa shape index (κ1) is 9.42. The quantitative estimate of drug-likeness (QED) is 0.376. The minimum atomic E-state index is 0.293. The predicted molar refractivity (Wildman–Crippen MR) is 56.4 cm³/mol. The lowest BCUT2D eigenvalue weighted by atomic mass is 10.3. The molecule has 0 unspecified atom stereocenters. The monoisotopic (exact) mass is 276 g/mol. The highest BCUT2D eigenvalue weighted by Crippen LogP contribution is 2.03. The van der Waals surface area contributed by atoms with Gasteiger partial charge < -0.3 is 10.9 Å². The lowest BCUT2D eigenvalue weighted by molar-refractivity contribution is 0.341.